The maximum atomic E-state index is 12.3. The smallest absolute Gasteiger partial charge is 0.259 e. The molecule has 1 heterocycles. The Hall–Kier alpha value is -1.79. The Morgan fingerprint density at radius 2 is 2.05 bits per heavy atom. The second kappa shape index (κ2) is 6.78. The van der Waals surface area contributed by atoms with Crippen LogP contribution < -0.4 is 14.8 Å². The van der Waals surface area contributed by atoms with Crippen LogP contribution in [-0.2, 0) is 0 Å². The van der Waals surface area contributed by atoms with E-state index in [-0.39, 0.29) is 5.91 Å². The molecule has 0 unspecified atom stereocenters. The van der Waals surface area contributed by atoms with E-state index in [2.05, 4.69) is 26.2 Å². The Kier molecular flexibility index (Phi) is 5.03. The zero-order chi connectivity index (χ0) is 15.4. The van der Waals surface area contributed by atoms with Crippen molar-refractivity contribution in [1.29, 1.82) is 0 Å². The topological polar surface area (TPSA) is 60.5 Å². The van der Waals surface area contributed by atoms with Crippen LogP contribution in [0, 0.1) is 0 Å². The highest BCUT2D eigenvalue weighted by atomic mass is 79.9. The molecule has 1 N–H and O–H groups in total. The number of nitrogens with zero attached hydrogens (tertiary/aromatic N) is 1. The standard InChI is InChI=1S/C14H12BrClN2O3/c1-20-9-3-4-10(12(6-9)21-2)14(19)18-8-5-11(15)13(16)17-7-8/h3-7H,1-2H3,(H,18,19). The quantitative estimate of drug-likeness (QED) is 0.831. The molecule has 0 atom stereocenters. The van der Waals surface area contributed by atoms with E-state index in [1.54, 1.807) is 31.4 Å². The maximum Gasteiger partial charge on any atom is 0.259 e. The van der Waals surface area contributed by atoms with Crippen LogP contribution in [0.3, 0.4) is 0 Å². The summed E-state index contributed by atoms with van der Waals surface area (Å²) in [6, 6.07) is 6.63. The molecule has 0 fully saturated rings. The summed E-state index contributed by atoms with van der Waals surface area (Å²) in [5.41, 5.74) is 0.915. The number of rotatable bonds is 4. The molecule has 0 saturated carbocycles. The SMILES string of the molecule is COc1ccc(C(=O)Nc2cnc(Cl)c(Br)c2)c(OC)c1. The van der Waals surface area contributed by atoms with Gasteiger partial charge in [-0.3, -0.25) is 4.79 Å². The number of amides is 1. The maximum absolute atomic E-state index is 12.3. The lowest BCUT2D eigenvalue weighted by Crippen LogP contribution is -2.13. The third-order valence-corrected chi connectivity index (χ3v) is 3.84. The fourth-order valence-electron chi connectivity index (χ4n) is 1.67. The average molecular weight is 372 g/mol. The lowest BCUT2D eigenvalue weighted by molar-refractivity contribution is 0.102. The number of benzene rings is 1. The molecule has 110 valence electrons. The van der Waals surface area contributed by atoms with E-state index < -0.39 is 0 Å². The molecular formula is C14H12BrClN2O3. The number of anilines is 1. The van der Waals surface area contributed by atoms with Gasteiger partial charge in [0.1, 0.15) is 16.7 Å². The number of hydrogen-bond donors (Lipinski definition) is 1. The van der Waals surface area contributed by atoms with E-state index in [0.29, 0.717) is 32.4 Å². The summed E-state index contributed by atoms with van der Waals surface area (Å²) in [6.45, 7) is 0. The minimum absolute atomic E-state index is 0.314. The highest BCUT2D eigenvalue weighted by Crippen LogP contribution is 2.27. The van der Waals surface area contributed by atoms with Gasteiger partial charge in [-0.05, 0) is 34.1 Å². The van der Waals surface area contributed by atoms with Gasteiger partial charge in [0.2, 0.25) is 0 Å². The predicted molar refractivity (Wildman–Crippen MR) is 84.4 cm³/mol. The highest BCUT2D eigenvalue weighted by Gasteiger charge is 2.14. The zero-order valence-corrected chi connectivity index (χ0v) is 13.7. The van der Waals surface area contributed by atoms with Gasteiger partial charge < -0.3 is 14.8 Å². The van der Waals surface area contributed by atoms with Gasteiger partial charge in [-0.25, -0.2) is 4.98 Å². The Bertz CT molecular complexity index is 679. The molecule has 1 aromatic carbocycles. The summed E-state index contributed by atoms with van der Waals surface area (Å²) in [5.74, 6) is 0.720. The van der Waals surface area contributed by atoms with Gasteiger partial charge in [-0.15, -0.1) is 0 Å². The van der Waals surface area contributed by atoms with Crippen LogP contribution in [0.5, 0.6) is 11.5 Å². The van der Waals surface area contributed by atoms with Crippen LogP contribution in [0.15, 0.2) is 34.9 Å². The van der Waals surface area contributed by atoms with E-state index >= 15 is 0 Å². The van der Waals surface area contributed by atoms with Crippen molar-refractivity contribution in [2.45, 2.75) is 0 Å². The van der Waals surface area contributed by atoms with Gasteiger partial charge in [-0.2, -0.15) is 0 Å². The summed E-state index contributed by atoms with van der Waals surface area (Å²) in [7, 11) is 3.04. The summed E-state index contributed by atoms with van der Waals surface area (Å²) >= 11 is 9.06. The first-order chi connectivity index (χ1) is 10.0. The number of pyridine rings is 1. The van der Waals surface area contributed by atoms with Crippen molar-refractivity contribution < 1.29 is 14.3 Å². The van der Waals surface area contributed by atoms with E-state index in [0.717, 1.165) is 0 Å². The van der Waals surface area contributed by atoms with Crippen molar-refractivity contribution in [2.24, 2.45) is 0 Å². The van der Waals surface area contributed by atoms with Crippen LogP contribution in [0.25, 0.3) is 0 Å². The van der Waals surface area contributed by atoms with Crippen molar-refractivity contribution in [3.05, 3.63) is 45.7 Å². The van der Waals surface area contributed by atoms with E-state index in [1.807, 2.05) is 0 Å². The van der Waals surface area contributed by atoms with E-state index in [4.69, 9.17) is 21.1 Å². The Morgan fingerprint density at radius 3 is 2.67 bits per heavy atom. The first kappa shape index (κ1) is 15.6. The zero-order valence-electron chi connectivity index (χ0n) is 11.3. The fraction of sp³-hybridized carbons (Fsp3) is 0.143. The van der Waals surface area contributed by atoms with Gasteiger partial charge in [0.05, 0.1) is 36.1 Å². The number of aromatic nitrogens is 1. The molecule has 0 radical (unpaired) electrons. The predicted octanol–water partition coefficient (Wildman–Crippen LogP) is 3.77. The minimum Gasteiger partial charge on any atom is -0.497 e. The van der Waals surface area contributed by atoms with Crippen LogP contribution in [0.2, 0.25) is 5.15 Å². The first-order valence-corrected chi connectivity index (χ1v) is 7.06. The van der Waals surface area contributed by atoms with E-state index in [1.165, 1.54) is 13.3 Å². The van der Waals surface area contributed by atoms with Crippen molar-refractivity contribution in [2.75, 3.05) is 19.5 Å². The lowest BCUT2D eigenvalue weighted by atomic mass is 10.1. The highest BCUT2D eigenvalue weighted by molar-refractivity contribution is 9.10. The second-order valence-corrected chi connectivity index (χ2v) is 5.23. The molecule has 0 aliphatic rings. The second-order valence-electron chi connectivity index (χ2n) is 4.02. The summed E-state index contributed by atoms with van der Waals surface area (Å²) in [6.07, 6.45) is 1.47. The molecule has 21 heavy (non-hydrogen) atoms. The van der Waals surface area contributed by atoms with Crippen molar-refractivity contribution in [1.82, 2.24) is 4.98 Å². The molecule has 0 spiro atoms. The average Bonchev–Trinajstić information content (AvgIpc) is 2.50. The number of carbonyl (C=O) groups is 1. The summed E-state index contributed by atoms with van der Waals surface area (Å²) < 4.78 is 10.9. The number of carbonyl (C=O) groups excluding carboxylic acids is 1. The summed E-state index contributed by atoms with van der Waals surface area (Å²) in [5, 5.41) is 3.06. The van der Waals surface area contributed by atoms with Crippen molar-refractivity contribution >= 4 is 39.1 Å². The number of ether oxygens (including phenoxy) is 2. The monoisotopic (exact) mass is 370 g/mol. The molecule has 5 nitrogen and oxygen atoms in total. The van der Waals surface area contributed by atoms with Gasteiger partial charge in [0, 0.05) is 6.07 Å². The van der Waals surface area contributed by atoms with Crippen molar-refractivity contribution in [3.63, 3.8) is 0 Å². The molecule has 1 amide bonds. The Morgan fingerprint density at radius 1 is 1.29 bits per heavy atom. The third kappa shape index (κ3) is 3.65. The molecule has 1 aromatic heterocycles. The largest absolute Gasteiger partial charge is 0.497 e. The minimum atomic E-state index is -0.314. The van der Waals surface area contributed by atoms with Gasteiger partial charge >= 0.3 is 0 Å². The number of hydrogen-bond acceptors (Lipinski definition) is 4. The molecule has 0 bridgehead atoms. The first-order valence-electron chi connectivity index (χ1n) is 5.89. The molecule has 0 aliphatic heterocycles. The molecule has 7 heteroatoms. The van der Waals surface area contributed by atoms with Gasteiger partial charge in [0.25, 0.3) is 5.91 Å². The Balaban J connectivity index is 2.25. The van der Waals surface area contributed by atoms with Crippen LogP contribution >= 0.6 is 27.5 Å². The third-order valence-electron chi connectivity index (χ3n) is 2.71. The van der Waals surface area contributed by atoms with Gasteiger partial charge in [-0.1, -0.05) is 11.6 Å². The number of methoxy groups -OCH3 is 2. The number of nitrogens with one attached hydrogen (secondary N) is 1. The summed E-state index contributed by atoms with van der Waals surface area (Å²) in [4.78, 5) is 16.2. The van der Waals surface area contributed by atoms with Gasteiger partial charge in [0.15, 0.2) is 0 Å². The normalized spacial score (nSPS) is 10.1. The fourth-order valence-corrected chi connectivity index (χ4v) is 2.13. The van der Waals surface area contributed by atoms with Crippen LogP contribution in [0.1, 0.15) is 10.4 Å². The van der Waals surface area contributed by atoms with Crippen molar-refractivity contribution in [3.8, 4) is 11.5 Å². The molecular weight excluding hydrogens is 360 g/mol. The molecule has 2 aromatic rings. The molecule has 0 aliphatic carbocycles. The number of halogens is 2. The van der Waals surface area contributed by atoms with Crippen LogP contribution in [0.4, 0.5) is 5.69 Å². The molecule has 2 rings (SSSR count). The van der Waals surface area contributed by atoms with E-state index in [9.17, 15) is 4.79 Å². The van der Waals surface area contributed by atoms with Crippen LogP contribution in [-0.4, -0.2) is 25.1 Å². The Labute approximate surface area is 135 Å². The lowest BCUT2D eigenvalue weighted by Gasteiger charge is -2.11. The molecule has 0 saturated heterocycles.